The highest BCUT2D eigenvalue weighted by atomic mass is 32.2. The van der Waals surface area contributed by atoms with E-state index in [9.17, 15) is 9.18 Å². The zero-order valence-electron chi connectivity index (χ0n) is 17.2. The minimum absolute atomic E-state index is 0.131. The van der Waals surface area contributed by atoms with Crippen LogP contribution < -0.4 is 5.32 Å². The number of halogens is 1. The first kappa shape index (κ1) is 20.9. The molecule has 2 aromatic carbocycles. The van der Waals surface area contributed by atoms with Crippen molar-refractivity contribution in [1.29, 1.82) is 0 Å². The molecule has 2 aromatic heterocycles. The maximum atomic E-state index is 13.5. The average Bonchev–Trinajstić information content (AvgIpc) is 3.33. The van der Waals surface area contributed by atoms with Gasteiger partial charge in [0.1, 0.15) is 11.6 Å². The van der Waals surface area contributed by atoms with Crippen molar-refractivity contribution < 1.29 is 9.18 Å². The Morgan fingerprint density at radius 2 is 1.90 bits per heavy atom. The van der Waals surface area contributed by atoms with Crippen LogP contribution in [0.3, 0.4) is 0 Å². The lowest BCUT2D eigenvalue weighted by Crippen LogP contribution is -2.14. The van der Waals surface area contributed by atoms with Gasteiger partial charge in [-0.1, -0.05) is 23.9 Å². The van der Waals surface area contributed by atoms with Crippen LogP contribution in [0.25, 0.3) is 5.69 Å². The van der Waals surface area contributed by atoms with Crippen LogP contribution in [0.1, 0.15) is 17.1 Å². The Morgan fingerprint density at radius 3 is 2.61 bits per heavy atom. The Kier molecular flexibility index (Phi) is 6.18. The van der Waals surface area contributed by atoms with E-state index in [4.69, 9.17) is 0 Å². The molecule has 0 saturated carbocycles. The van der Waals surface area contributed by atoms with Gasteiger partial charge >= 0.3 is 0 Å². The Bertz CT molecular complexity index is 1200. The molecular weight excluding hydrogens is 413 g/mol. The molecule has 0 radical (unpaired) electrons. The number of rotatable bonds is 7. The van der Waals surface area contributed by atoms with Gasteiger partial charge in [-0.3, -0.25) is 9.36 Å². The maximum Gasteiger partial charge on any atom is 0.234 e. The molecule has 0 aliphatic carbocycles. The standard InChI is InChI=1S/C23H22FN5OS/c1-16-5-3-6-18(13-16)25-22(30)15-31-23-27-26-21(14-20-7-4-12-28(20)2)29(23)19-10-8-17(24)9-11-19/h3-13H,14-15H2,1-2H3,(H,25,30). The lowest BCUT2D eigenvalue weighted by molar-refractivity contribution is -0.113. The van der Waals surface area contributed by atoms with E-state index in [2.05, 4.69) is 15.5 Å². The van der Waals surface area contributed by atoms with E-state index >= 15 is 0 Å². The second-order valence-electron chi connectivity index (χ2n) is 7.20. The van der Waals surface area contributed by atoms with Gasteiger partial charge in [-0.05, 0) is 61.0 Å². The third-order valence-corrected chi connectivity index (χ3v) is 5.74. The molecule has 6 nitrogen and oxygen atoms in total. The first-order chi connectivity index (χ1) is 15.0. The van der Waals surface area contributed by atoms with Crippen molar-refractivity contribution in [2.24, 2.45) is 7.05 Å². The molecule has 0 bridgehead atoms. The Hall–Kier alpha value is -3.39. The molecular formula is C23H22FN5OS. The average molecular weight is 436 g/mol. The van der Waals surface area contributed by atoms with E-state index in [0.29, 0.717) is 11.6 Å². The molecule has 4 aromatic rings. The topological polar surface area (TPSA) is 64.7 Å². The third-order valence-electron chi connectivity index (χ3n) is 4.81. The minimum Gasteiger partial charge on any atom is -0.354 e. The summed E-state index contributed by atoms with van der Waals surface area (Å²) < 4.78 is 17.4. The van der Waals surface area contributed by atoms with Crippen LogP contribution in [0.4, 0.5) is 10.1 Å². The number of aryl methyl sites for hydroxylation is 2. The zero-order chi connectivity index (χ0) is 21.8. The summed E-state index contributed by atoms with van der Waals surface area (Å²) in [5, 5.41) is 12.1. The largest absolute Gasteiger partial charge is 0.354 e. The lowest BCUT2D eigenvalue weighted by atomic mass is 10.2. The summed E-state index contributed by atoms with van der Waals surface area (Å²) in [7, 11) is 1.97. The van der Waals surface area contributed by atoms with Gasteiger partial charge in [0, 0.05) is 36.7 Å². The molecule has 1 N–H and O–H groups in total. The summed E-state index contributed by atoms with van der Waals surface area (Å²) in [4.78, 5) is 12.5. The molecule has 0 aliphatic heterocycles. The van der Waals surface area contributed by atoms with Crippen LogP contribution in [0.2, 0.25) is 0 Å². The fourth-order valence-electron chi connectivity index (χ4n) is 3.25. The molecule has 31 heavy (non-hydrogen) atoms. The van der Waals surface area contributed by atoms with Gasteiger partial charge in [0.15, 0.2) is 5.16 Å². The summed E-state index contributed by atoms with van der Waals surface area (Å²) in [5.41, 5.74) is 3.66. The van der Waals surface area contributed by atoms with Gasteiger partial charge in [-0.15, -0.1) is 10.2 Å². The summed E-state index contributed by atoms with van der Waals surface area (Å²) in [6, 6.07) is 17.8. The molecule has 0 fully saturated rings. The fraction of sp³-hybridized carbons (Fsp3) is 0.174. The molecule has 0 aliphatic rings. The number of nitrogens with zero attached hydrogens (tertiary/aromatic N) is 4. The fourth-order valence-corrected chi connectivity index (χ4v) is 4.02. The first-order valence-corrected chi connectivity index (χ1v) is 10.8. The second-order valence-corrected chi connectivity index (χ2v) is 8.15. The highest BCUT2D eigenvalue weighted by Gasteiger charge is 2.17. The number of amides is 1. The number of hydrogen-bond acceptors (Lipinski definition) is 4. The van der Waals surface area contributed by atoms with Crippen molar-refractivity contribution in [2.75, 3.05) is 11.1 Å². The molecule has 0 spiro atoms. The predicted octanol–water partition coefficient (Wildman–Crippen LogP) is 4.37. The van der Waals surface area contributed by atoms with Crippen molar-refractivity contribution in [2.45, 2.75) is 18.5 Å². The Balaban J connectivity index is 1.56. The highest BCUT2D eigenvalue weighted by molar-refractivity contribution is 7.99. The predicted molar refractivity (Wildman–Crippen MR) is 120 cm³/mol. The van der Waals surface area contributed by atoms with Gasteiger partial charge in [0.05, 0.1) is 5.75 Å². The smallest absolute Gasteiger partial charge is 0.234 e. The molecule has 1 amide bonds. The number of benzene rings is 2. The van der Waals surface area contributed by atoms with Gasteiger partial charge in [0.25, 0.3) is 0 Å². The van der Waals surface area contributed by atoms with Crippen LogP contribution in [0, 0.1) is 12.7 Å². The van der Waals surface area contributed by atoms with Gasteiger partial charge in [0.2, 0.25) is 5.91 Å². The molecule has 0 unspecified atom stereocenters. The Morgan fingerprint density at radius 1 is 1.10 bits per heavy atom. The van der Waals surface area contributed by atoms with E-state index in [-0.39, 0.29) is 17.5 Å². The number of carbonyl (C=O) groups is 1. The monoisotopic (exact) mass is 435 g/mol. The lowest BCUT2D eigenvalue weighted by Gasteiger charge is -2.11. The van der Waals surface area contributed by atoms with Crippen LogP contribution in [0.5, 0.6) is 0 Å². The quantitative estimate of drug-likeness (QED) is 0.438. The minimum atomic E-state index is -0.312. The van der Waals surface area contributed by atoms with Gasteiger partial charge < -0.3 is 9.88 Å². The normalized spacial score (nSPS) is 10.9. The summed E-state index contributed by atoms with van der Waals surface area (Å²) >= 11 is 1.29. The number of nitrogens with one attached hydrogen (secondary N) is 1. The summed E-state index contributed by atoms with van der Waals surface area (Å²) in [6.07, 6.45) is 2.53. The van der Waals surface area contributed by atoms with Crippen molar-refractivity contribution in [3.8, 4) is 5.69 Å². The summed E-state index contributed by atoms with van der Waals surface area (Å²) in [6.45, 7) is 1.98. The number of thioether (sulfide) groups is 1. The third kappa shape index (κ3) is 5.03. The second kappa shape index (κ2) is 9.18. The number of aromatic nitrogens is 4. The first-order valence-electron chi connectivity index (χ1n) is 9.79. The molecule has 8 heteroatoms. The number of carbonyl (C=O) groups excluding carboxylic acids is 1. The van der Waals surface area contributed by atoms with E-state index in [1.165, 1.54) is 23.9 Å². The SMILES string of the molecule is Cc1cccc(NC(=O)CSc2nnc(Cc3cccn3C)n2-c2ccc(F)cc2)c1. The number of hydrogen-bond donors (Lipinski definition) is 1. The van der Waals surface area contributed by atoms with Crippen LogP contribution in [-0.2, 0) is 18.3 Å². The molecule has 0 atom stereocenters. The van der Waals surface area contributed by atoms with Gasteiger partial charge in [-0.25, -0.2) is 4.39 Å². The van der Waals surface area contributed by atoms with Crippen LogP contribution in [0.15, 0.2) is 72.0 Å². The van der Waals surface area contributed by atoms with E-state index in [1.54, 1.807) is 12.1 Å². The van der Waals surface area contributed by atoms with E-state index in [0.717, 1.165) is 28.5 Å². The highest BCUT2D eigenvalue weighted by Crippen LogP contribution is 2.24. The van der Waals surface area contributed by atoms with Crippen LogP contribution in [-0.4, -0.2) is 31.0 Å². The summed E-state index contributed by atoms with van der Waals surface area (Å²) in [5.74, 6) is 0.452. The molecule has 158 valence electrons. The number of anilines is 1. The maximum absolute atomic E-state index is 13.5. The van der Waals surface area contributed by atoms with Gasteiger partial charge in [-0.2, -0.15) is 0 Å². The van der Waals surface area contributed by atoms with Crippen molar-refractivity contribution in [3.63, 3.8) is 0 Å². The zero-order valence-corrected chi connectivity index (χ0v) is 18.1. The van der Waals surface area contributed by atoms with E-state index in [1.807, 2.05) is 65.7 Å². The Labute approximate surface area is 184 Å². The molecule has 2 heterocycles. The van der Waals surface area contributed by atoms with Crippen molar-refractivity contribution >= 4 is 23.4 Å². The van der Waals surface area contributed by atoms with E-state index < -0.39 is 0 Å². The van der Waals surface area contributed by atoms with Crippen molar-refractivity contribution in [3.05, 3.63) is 89.8 Å². The molecule has 4 rings (SSSR count). The molecule has 0 saturated heterocycles. The van der Waals surface area contributed by atoms with Crippen LogP contribution >= 0.6 is 11.8 Å². The van der Waals surface area contributed by atoms with Crippen molar-refractivity contribution in [1.82, 2.24) is 19.3 Å².